The van der Waals surface area contributed by atoms with E-state index in [2.05, 4.69) is 22.1 Å². The summed E-state index contributed by atoms with van der Waals surface area (Å²) in [5, 5.41) is 11.8. The van der Waals surface area contributed by atoms with Crippen LogP contribution in [0.4, 0.5) is 0 Å². The molecule has 1 atom stereocenters. The van der Waals surface area contributed by atoms with Crippen LogP contribution in [0, 0.1) is 17.8 Å². The molecule has 0 aromatic carbocycles. The lowest BCUT2D eigenvalue weighted by Gasteiger charge is -2.57. The molecular formula is C19H27N3OS3. The van der Waals surface area contributed by atoms with Crippen LogP contribution in [-0.4, -0.2) is 32.6 Å². The second kappa shape index (κ2) is 7.47. The molecule has 0 saturated heterocycles. The summed E-state index contributed by atoms with van der Waals surface area (Å²) in [5.74, 6) is 3.58. The Morgan fingerprint density at radius 3 is 2.38 bits per heavy atom. The molecule has 0 unspecified atom stereocenters. The van der Waals surface area contributed by atoms with Gasteiger partial charge in [-0.1, -0.05) is 47.0 Å². The maximum absolute atomic E-state index is 12.9. The van der Waals surface area contributed by atoms with Crippen LogP contribution < -0.4 is 5.32 Å². The molecule has 5 rings (SSSR count). The Bertz CT molecular complexity index is 667. The Morgan fingerprint density at radius 2 is 1.81 bits per heavy atom. The molecule has 4 aliphatic rings. The van der Waals surface area contributed by atoms with E-state index >= 15 is 0 Å². The minimum Gasteiger partial charge on any atom is -0.350 e. The third-order valence-corrected chi connectivity index (χ3v) is 9.37. The van der Waals surface area contributed by atoms with Gasteiger partial charge in [0.15, 0.2) is 8.68 Å². The summed E-state index contributed by atoms with van der Waals surface area (Å²) in [6.07, 6.45) is 7.78. The van der Waals surface area contributed by atoms with E-state index in [1.54, 1.807) is 23.1 Å². The number of hydrogen-bond donors (Lipinski definition) is 1. The van der Waals surface area contributed by atoms with Crippen molar-refractivity contribution in [3.05, 3.63) is 12.2 Å². The van der Waals surface area contributed by atoms with Crippen molar-refractivity contribution in [2.24, 2.45) is 17.8 Å². The van der Waals surface area contributed by atoms with Crippen LogP contribution >= 0.6 is 34.9 Å². The van der Waals surface area contributed by atoms with Crippen molar-refractivity contribution >= 4 is 40.8 Å². The van der Waals surface area contributed by atoms with Gasteiger partial charge in [0.25, 0.3) is 0 Å². The molecule has 142 valence electrons. The lowest BCUT2D eigenvalue weighted by molar-refractivity contribution is -0.126. The molecule has 0 radical (unpaired) electrons. The number of carbonyl (C=O) groups excluding carboxylic acids is 1. The highest BCUT2D eigenvalue weighted by atomic mass is 32.2. The zero-order valence-corrected chi connectivity index (χ0v) is 17.9. The minimum absolute atomic E-state index is 0.0876. The van der Waals surface area contributed by atoms with Crippen LogP contribution in [0.3, 0.4) is 0 Å². The highest BCUT2D eigenvalue weighted by Crippen LogP contribution is 2.55. The summed E-state index contributed by atoms with van der Waals surface area (Å²) in [6.45, 7) is 7.92. The van der Waals surface area contributed by atoms with E-state index < -0.39 is 0 Å². The average Bonchev–Trinajstić information content (AvgIpc) is 2.98. The van der Waals surface area contributed by atoms with E-state index in [-0.39, 0.29) is 16.7 Å². The molecule has 4 nitrogen and oxygen atoms in total. The largest absolute Gasteiger partial charge is 0.350 e. The fourth-order valence-corrected chi connectivity index (χ4v) is 8.33. The molecule has 0 spiro atoms. The van der Waals surface area contributed by atoms with Gasteiger partial charge in [0.2, 0.25) is 5.91 Å². The van der Waals surface area contributed by atoms with Crippen molar-refractivity contribution in [1.29, 1.82) is 0 Å². The maximum atomic E-state index is 12.9. The normalized spacial score (nSPS) is 33.2. The van der Waals surface area contributed by atoms with Crippen molar-refractivity contribution in [3.63, 3.8) is 0 Å². The molecule has 4 aliphatic carbocycles. The van der Waals surface area contributed by atoms with Gasteiger partial charge in [-0.3, -0.25) is 4.79 Å². The van der Waals surface area contributed by atoms with E-state index in [1.807, 2.05) is 13.8 Å². The lowest BCUT2D eigenvalue weighted by Crippen LogP contribution is -2.60. The van der Waals surface area contributed by atoms with Crippen LogP contribution in [0.1, 0.15) is 52.4 Å². The summed E-state index contributed by atoms with van der Waals surface area (Å²) in [5.41, 5.74) is 1.22. The molecule has 7 heteroatoms. The standard InChI is InChI=1S/C19H27N3OS3/c1-11(2)10-24-17-21-22-18(26-17)25-12(3)16(23)20-19-7-13-4-14(8-19)6-15(5-13)9-19/h12-15H,1,4-10H2,2-3H3,(H,20,23)/t12-,13?,14?,15?,19?/m0/s1. The fraction of sp³-hybridized carbons (Fsp3) is 0.737. The van der Waals surface area contributed by atoms with Gasteiger partial charge in [-0.05, 0) is 70.1 Å². The zero-order chi connectivity index (χ0) is 18.3. The SMILES string of the molecule is C=C(C)CSc1nnc(S[C@@H](C)C(=O)NC23CC4CC(CC(C4)C2)C3)s1. The third-order valence-electron chi connectivity index (χ3n) is 5.90. The van der Waals surface area contributed by atoms with Crippen LogP contribution in [0.5, 0.6) is 0 Å². The second-order valence-electron chi connectivity index (χ2n) is 8.53. The number of carbonyl (C=O) groups is 1. The summed E-state index contributed by atoms with van der Waals surface area (Å²) in [7, 11) is 0. The number of rotatable bonds is 7. The fourth-order valence-electron chi connectivity index (χ4n) is 5.32. The van der Waals surface area contributed by atoms with Crippen LogP contribution in [0.2, 0.25) is 0 Å². The second-order valence-corrected chi connectivity index (χ2v) is 12.3. The molecule has 4 fully saturated rings. The van der Waals surface area contributed by atoms with Crippen molar-refractivity contribution in [3.8, 4) is 0 Å². The highest BCUT2D eigenvalue weighted by Gasteiger charge is 2.51. The average molecular weight is 410 g/mol. The highest BCUT2D eigenvalue weighted by molar-refractivity contribution is 8.04. The number of nitrogens with one attached hydrogen (secondary N) is 1. The van der Waals surface area contributed by atoms with E-state index in [4.69, 9.17) is 0 Å². The summed E-state index contributed by atoms with van der Waals surface area (Å²) < 4.78 is 1.83. The Labute approximate surface area is 168 Å². The first kappa shape index (κ1) is 18.8. The predicted molar refractivity (Wildman–Crippen MR) is 110 cm³/mol. The van der Waals surface area contributed by atoms with Gasteiger partial charge in [0.05, 0.1) is 5.25 Å². The van der Waals surface area contributed by atoms with E-state index in [1.165, 1.54) is 50.3 Å². The molecule has 1 aromatic rings. The molecule has 1 aromatic heterocycles. The topological polar surface area (TPSA) is 54.9 Å². The molecular weight excluding hydrogens is 382 g/mol. The number of thioether (sulfide) groups is 2. The third kappa shape index (κ3) is 4.14. The Balaban J connectivity index is 1.33. The molecule has 26 heavy (non-hydrogen) atoms. The predicted octanol–water partition coefficient (Wildman–Crippen LogP) is 4.77. The molecule has 1 amide bonds. The van der Waals surface area contributed by atoms with Gasteiger partial charge in [-0.2, -0.15) is 0 Å². The molecule has 0 aliphatic heterocycles. The molecule has 4 saturated carbocycles. The van der Waals surface area contributed by atoms with Crippen molar-refractivity contribution in [2.45, 2.75) is 71.8 Å². The van der Waals surface area contributed by atoms with Gasteiger partial charge < -0.3 is 5.32 Å². The summed E-state index contributed by atoms with van der Waals surface area (Å²) >= 11 is 4.77. The van der Waals surface area contributed by atoms with Gasteiger partial charge in [0, 0.05) is 11.3 Å². The van der Waals surface area contributed by atoms with Crippen molar-refractivity contribution in [1.82, 2.24) is 15.5 Å². The molecule has 4 bridgehead atoms. The first-order valence-electron chi connectivity index (χ1n) is 9.50. The van der Waals surface area contributed by atoms with Crippen molar-refractivity contribution < 1.29 is 4.79 Å². The minimum atomic E-state index is -0.130. The molecule has 1 heterocycles. The van der Waals surface area contributed by atoms with E-state index in [0.29, 0.717) is 0 Å². The molecule has 1 N–H and O–H groups in total. The van der Waals surface area contributed by atoms with Gasteiger partial charge in [0.1, 0.15) is 0 Å². The van der Waals surface area contributed by atoms with Gasteiger partial charge in [-0.15, -0.1) is 10.2 Å². The van der Waals surface area contributed by atoms with Crippen LogP contribution in [-0.2, 0) is 4.79 Å². The monoisotopic (exact) mass is 409 g/mol. The van der Waals surface area contributed by atoms with E-state index in [0.717, 1.165) is 37.8 Å². The maximum Gasteiger partial charge on any atom is 0.233 e. The Kier molecular flexibility index (Phi) is 5.41. The Hall–Kier alpha value is -0.530. The van der Waals surface area contributed by atoms with Gasteiger partial charge in [-0.25, -0.2) is 0 Å². The summed E-state index contributed by atoms with van der Waals surface area (Å²) in [6, 6.07) is 0. The smallest absolute Gasteiger partial charge is 0.233 e. The number of hydrogen-bond acceptors (Lipinski definition) is 6. The van der Waals surface area contributed by atoms with Crippen LogP contribution in [0.25, 0.3) is 0 Å². The number of aromatic nitrogens is 2. The van der Waals surface area contributed by atoms with Gasteiger partial charge >= 0.3 is 0 Å². The number of amides is 1. The first-order valence-corrected chi connectivity index (χ1v) is 12.2. The quantitative estimate of drug-likeness (QED) is 0.519. The lowest BCUT2D eigenvalue weighted by atomic mass is 9.53. The summed E-state index contributed by atoms with van der Waals surface area (Å²) in [4.78, 5) is 12.9. The van der Waals surface area contributed by atoms with Crippen LogP contribution in [0.15, 0.2) is 20.8 Å². The van der Waals surface area contributed by atoms with E-state index in [9.17, 15) is 4.79 Å². The first-order chi connectivity index (χ1) is 12.4. The number of nitrogens with zero attached hydrogens (tertiary/aromatic N) is 2. The zero-order valence-electron chi connectivity index (χ0n) is 15.5. The van der Waals surface area contributed by atoms with Crippen molar-refractivity contribution in [2.75, 3.05) is 5.75 Å². The Morgan fingerprint density at radius 1 is 1.23 bits per heavy atom.